The van der Waals surface area contributed by atoms with Gasteiger partial charge in [-0.3, -0.25) is 4.57 Å². The number of aliphatic hydroxyl groups excluding tert-OH is 2. The molecule has 13 nitrogen and oxygen atoms in total. The second kappa shape index (κ2) is 6.54. The van der Waals surface area contributed by atoms with Crippen molar-refractivity contribution < 1.29 is 19.7 Å². The minimum atomic E-state index is -1.29. The average molecular weight is 352 g/mol. The number of anilines is 1. The molecule has 2 amide bonds. The summed E-state index contributed by atoms with van der Waals surface area (Å²) in [4.78, 5) is 33.7. The number of nitrogens with one attached hydrogen (secondary N) is 1. The summed E-state index contributed by atoms with van der Waals surface area (Å²) in [7, 11) is 1.17. The van der Waals surface area contributed by atoms with Gasteiger partial charge in [-0.1, -0.05) is 0 Å². The summed E-state index contributed by atoms with van der Waals surface area (Å²) in [6.45, 7) is -0.142. The van der Waals surface area contributed by atoms with E-state index in [0.717, 1.165) is 0 Å². The number of carbonyl (C=O) groups excluding carboxylic acids is 1. The molecule has 4 atom stereocenters. The van der Waals surface area contributed by atoms with Gasteiger partial charge in [-0.25, -0.2) is 19.7 Å². The van der Waals surface area contributed by atoms with E-state index in [1.54, 1.807) is 0 Å². The lowest BCUT2D eigenvalue weighted by Gasteiger charge is -2.17. The first kappa shape index (κ1) is 16.9. The van der Waals surface area contributed by atoms with Crippen LogP contribution in [-0.4, -0.2) is 72.7 Å². The third kappa shape index (κ3) is 2.95. The zero-order valence-electron chi connectivity index (χ0n) is 13.1. The topological polar surface area (TPSA) is 181 Å². The number of aliphatic hydroxyl groups is 2. The molecule has 13 heteroatoms. The molecule has 1 saturated heterocycles. The van der Waals surface area contributed by atoms with Crippen molar-refractivity contribution in [1.82, 2.24) is 29.8 Å². The third-order valence-electron chi connectivity index (χ3n) is 3.87. The molecule has 1 aliphatic heterocycles. The highest BCUT2D eigenvalue weighted by Gasteiger charge is 2.44. The van der Waals surface area contributed by atoms with Crippen molar-refractivity contribution in [1.29, 1.82) is 0 Å². The van der Waals surface area contributed by atoms with Crippen LogP contribution in [0.15, 0.2) is 17.9 Å². The number of rotatable bonds is 4. The van der Waals surface area contributed by atoms with Crippen LogP contribution in [0, 0.1) is 4.91 Å². The van der Waals surface area contributed by atoms with Gasteiger partial charge in [0.25, 0.3) is 0 Å². The van der Waals surface area contributed by atoms with E-state index in [4.69, 9.17) is 10.5 Å². The lowest BCUT2D eigenvalue weighted by Crippen LogP contribution is -2.42. The Hall–Kier alpha value is -2.90. The number of imidazole rings is 1. The lowest BCUT2D eigenvalue weighted by atomic mass is 10.1. The molecule has 0 bridgehead atoms. The molecule has 3 heterocycles. The van der Waals surface area contributed by atoms with Crippen LogP contribution < -0.4 is 11.1 Å². The average Bonchev–Trinajstić information content (AvgIpc) is 3.15. The Kier molecular flexibility index (Phi) is 4.43. The maximum absolute atomic E-state index is 11.5. The lowest BCUT2D eigenvalue weighted by molar-refractivity contribution is -0.0336. The Morgan fingerprint density at radius 1 is 1.44 bits per heavy atom. The van der Waals surface area contributed by atoms with Gasteiger partial charge in [-0.05, 0) is 0 Å². The molecule has 5 N–H and O–H groups in total. The molecular weight excluding hydrogens is 336 g/mol. The molecule has 1 fully saturated rings. The van der Waals surface area contributed by atoms with Gasteiger partial charge in [-0.2, -0.15) is 5.01 Å². The van der Waals surface area contributed by atoms with Crippen molar-refractivity contribution in [2.45, 2.75) is 24.5 Å². The van der Waals surface area contributed by atoms with Gasteiger partial charge >= 0.3 is 6.03 Å². The van der Waals surface area contributed by atoms with Gasteiger partial charge < -0.3 is 26.0 Å². The van der Waals surface area contributed by atoms with Crippen molar-refractivity contribution in [3.63, 3.8) is 0 Å². The molecule has 25 heavy (non-hydrogen) atoms. The molecule has 134 valence electrons. The quantitative estimate of drug-likeness (QED) is 0.370. The molecular formula is C12H16N8O5. The van der Waals surface area contributed by atoms with Crippen molar-refractivity contribution in [3.05, 3.63) is 17.6 Å². The van der Waals surface area contributed by atoms with Crippen molar-refractivity contribution in [2.24, 2.45) is 5.29 Å². The van der Waals surface area contributed by atoms with Gasteiger partial charge in [0.15, 0.2) is 17.7 Å². The Morgan fingerprint density at radius 2 is 2.20 bits per heavy atom. The highest BCUT2D eigenvalue weighted by Crippen LogP contribution is 2.31. The molecule has 0 spiro atoms. The largest absolute Gasteiger partial charge is 0.387 e. The second-order valence-electron chi connectivity index (χ2n) is 5.42. The van der Waals surface area contributed by atoms with E-state index in [1.165, 1.54) is 24.3 Å². The van der Waals surface area contributed by atoms with E-state index in [0.29, 0.717) is 16.2 Å². The molecule has 2 aromatic heterocycles. The molecule has 3 rings (SSSR count). The first-order valence-electron chi connectivity index (χ1n) is 7.23. The first-order chi connectivity index (χ1) is 11.9. The van der Waals surface area contributed by atoms with Gasteiger partial charge in [0, 0.05) is 13.6 Å². The third-order valence-corrected chi connectivity index (χ3v) is 3.87. The molecule has 0 radical (unpaired) electrons. The number of hydrogen-bond donors (Lipinski definition) is 4. The van der Waals surface area contributed by atoms with Crippen molar-refractivity contribution in [2.75, 3.05) is 19.3 Å². The number of carbonyl (C=O) groups is 1. The fourth-order valence-electron chi connectivity index (χ4n) is 2.52. The summed E-state index contributed by atoms with van der Waals surface area (Å²) in [5.41, 5.74) is 6.38. The predicted octanol–water partition coefficient (Wildman–Crippen LogP) is -1.65. The Balaban J connectivity index is 1.76. The number of fused-ring (bicyclic) bond motifs is 1. The summed E-state index contributed by atoms with van der Waals surface area (Å²) < 4.78 is 7.04. The standard InChI is InChI=1S/C12H16N8O5/c1-19(18-24)12(23)14-2-5-7(21)8(22)11(25-5)20-4-17-6-9(13)15-3-16-10(6)20/h3-5,7-8,11,21-22H,2H2,1H3,(H,14,23)(H2,13,15,16). The van der Waals surface area contributed by atoms with Gasteiger partial charge in [-0.15, -0.1) is 4.91 Å². The Morgan fingerprint density at radius 3 is 2.92 bits per heavy atom. The minimum Gasteiger partial charge on any atom is -0.387 e. The predicted molar refractivity (Wildman–Crippen MR) is 82.6 cm³/mol. The number of urea groups is 1. The van der Waals surface area contributed by atoms with Crippen LogP contribution >= 0.6 is 0 Å². The van der Waals surface area contributed by atoms with E-state index in [2.05, 4.69) is 25.6 Å². The SMILES string of the molecule is CN(N=O)C(=O)NCC1OC(n2cnc3c(N)ncnc32)C(O)C1O. The van der Waals surface area contributed by atoms with E-state index in [9.17, 15) is 19.9 Å². The van der Waals surface area contributed by atoms with E-state index >= 15 is 0 Å². The summed E-state index contributed by atoms with van der Waals surface area (Å²) >= 11 is 0. The smallest absolute Gasteiger partial charge is 0.340 e. The van der Waals surface area contributed by atoms with Crippen LogP contribution in [0.2, 0.25) is 0 Å². The molecule has 0 aliphatic carbocycles. The highest BCUT2D eigenvalue weighted by molar-refractivity contribution is 5.81. The normalized spacial score (nSPS) is 25.9. The second-order valence-corrected chi connectivity index (χ2v) is 5.42. The van der Waals surface area contributed by atoms with Crippen LogP contribution in [0.4, 0.5) is 10.6 Å². The maximum Gasteiger partial charge on any atom is 0.340 e. The van der Waals surface area contributed by atoms with Gasteiger partial charge in [0.2, 0.25) is 0 Å². The molecule has 2 aromatic rings. The van der Waals surface area contributed by atoms with Crippen LogP contribution in [0.3, 0.4) is 0 Å². The van der Waals surface area contributed by atoms with Crippen LogP contribution in [0.25, 0.3) is 11.2 Å². The summed E-state index contributed by atoms with van der Waals surface area (Å²) in [5.74, 6) is 0.171. The fraction of sp³-hybridized carbons (Fsp3) is 0.500. The number of aromatic nitrogens is 4. The number of ether oxygens (including phenoxy) is 1. The van der Waals surface area contributed by atoms with Crippen LogP contribution in [0.1, 0.15) is 6.23 Å². The molecule has 0 aromatic carbocycles. The van der Waals surface area contributed by atoms with Crippen molar-refractivity contribution in [3.8, 4) is 0 Å². The van der Waals surface area contributed by atoms with E-state index < -0.39 is 30.6 Å². The monoisotopic (exact) mass is 352 g/mol. The van der Waals surface area contributed by atoms with E-state index in [-0.39, 0.29) is 12.4 Å². The zero-order valence-corrected chi connectivity index (χ0v) is 13.1. The number of nitrogens with zero attached hydrogens (tertiary/aromatic N) is 6. The highest BCUT2D eigenvalue weighted by atomic mass is 16.6. The molecule has 4 unspecified atom stereocenters. The fourth-order valence-corrected chi connectivity index (χ4v) is 2.52. The van der Waals surface area contributed by atoms with Gasteiger partial charge in [0.1, 0.15) is 30.2 Å². The summed E-state index contributed by atoms with van der Waals surface area (Å²) in [6, 6.07) is -0.766. The summed E-state index contributed by atoms with van der Waals surface area (Å²) in [5, 5.41) is 25.8. The molecule has 0 saturated carbocycles. The molecule has 1 aliphatic rings. The number of hydrogen-bond acceptors (Lipinski definition) is 10. The van der Waals surface area contributed by atoms with E-state index in [1.807, 2.05) is 0 Å². The van der Waals surface area contributed by atoms with Gasteiger partial charge in [0.05, 0.1) is 11.6 Å². The Bertz CT molecular complexity index is 797. The number of amides is 2. The number of nitrogen functional groups attached to an aromatic ring is 1. The van der Waals surface area contributed by atoms with Crippen LogP contribution in [-0.2, 0) is 4.74 Å². The number of nitrogens with two attached hydrogens (primary N) is 1. The van der Waals surface area contributed by atoms with Crippen molar-refractivity contribution >= 4 is 23.0 Å². The number of nitroso groups, excluding NO2 is 1. The maximum atomic E-state index is 11.5. The zero-order chi connectivity index (χ0) is 18.1. The Labute approximate surface area is 140 Å². The van der Waals surface area contributed by atoms with Crippen LogP contribution in [0.5, 0.6) is 0 Å². The minimum absolute atomic E-state index is 0.142. The first-order valence-corrected chi connectivity index (χ1v) is 7.23. The summed E-state index contributed by atoms with van der Waals surface area (Å²) in [6.07, 6.45) is -1.87.